The smallest absolute Gasteiger partial charge is 0.282 e. The first-order chi connectivity index (χ1) is 12.4. The van der Waals surface area contributed by atoms with Gasteiger partial charge in [-0.2, -0.15) is 4.99 Å². The molecule has 0 saturated carbocycles. The number of rotatable bonds is 5. The summed E-state index contributed by atoms with van der Waals surface area (Å²) in [4.78, 5) is 17.1. The predicted octanol–water partition coefficient (Wildman–Crippen LogP) is 5.39. The quantitative estimate of drug-likeness (QED) is 0.660. The summed E-state index contributed by atoms with van der Waals surface area (Å²) in [6.45, 7) is 9.31. The minimum atomic E-state index is -1.29. The molecule has 0 aliphatic heterocycles. The number of nitrogens with zero attached hydrogens (tertiary/aromatic N) is 2. The standard InChI is InChI=1S/C20H26ClFN2O2S/c1-19(2,3)24-12-13(9-10-20(4,5)22)18(27-24)23-17(25)15-11-14(21)7-8-16(15)26-6/h7-8,11-12H,9-10H2,1-6H3/b23-18-. The van der Waals surface area contributed by atoms with Gasteiger partial charge in [0.05, 0.1) is 12.7 Å². The molecule has 7 heteroatoms. The monoisotopic (exact) mass is 412 g/mol. The van der Waals surface area contributed by atoms with Gasteiger partial charge >= 0.3 is 0 Å². The summed E-state index contributed by atoms with van der Waals surface area (Å²) in [5.74, 6) is -0.0159. The van der Waals surface area contributed by atoms with Gasteiger partial charge in [-0.3, -0.25) is 8.75 Å². The molecule has 4 nitrogen and oxygen atoms in total. The molecular weight excluding hydrogens is 387 g/mol. The van der Waals surface area contributed by atoms with Gasteiger partial charge in [0.25, 0.3) is 5.91 Å². The third-order valence-electron chi connectivity index (χ3n) is 3.98. The van der Waals surface area contributed by atoms with Crippen LogP contribution in [0.15, 0.2) is 29.4 Å². The summed E-state index contributed by atoms with van der Waals surface area (Å²) in [5, 5.41) is 0.435. The van der Waals surface area contributed by atoms with Crippen molar-refractivity contribution >= 4 is 29.0 Å². The number of carbonyl (C=O) groups excluding carboxylic acids is 1. The molecule has 1 heterocycles. The predicted molar refractivity (Wildman–Crippen MR) is 109 cm³/mol. The number of hydrogen-bond acceptors (Lipinski definition) is 3. The van der Waals surface area contributed by atoms with Crippen molar-refractivity contribution in [2.45, 2.75) is 58.7 Å². The molecule has 0 radical (unpaired) electrons. The summed E-state index contributed by atoms with van der Waals surface area (Å²) in [7, 11) is 1.49. The van der Waals surface area contributed by atoms with Gasteiger partial charge in [-0.15, -0.1) is 0 Å². The van der Waals surface area contributed by atoms with Crippen LogP contribution in [0.5, 0.6) is 5.75 Å². The van der Waals surface area contributed by atoms with Gasteiger partial charge < -0.3 is 4.74 Å². The van der Waals surface area contributed by atoms with E-state index in [1.54, 1.807) is 32.0 Å². The normalized spacial score (nSPS) is 13.1. The zero-order valence-corrected chi connectivity index (χ0v) is 18.2. The summed E-state index contributed by atoms with van der Waals surface area (Å²) in [5.41, 5.74) is -0.284. The van der Waals surface area contributed by atoms with Crippen LogP contribution in [0.4, 0.5) is 4.39 Å². The number of alkyl halides is 1. The van der Waals surface area contributed by atoms with Crippen LogP contribution < -0.4 is 9.41 Å². The second-order valence-corrected chi connectivity index (χ2v) is 9.43. The minimum absolute atomic E-state index is 0.158. The second kappa shape index (κ2) is 8.15. The molecule has 0 spiro atoms. The zero-order valence-electron chi connectivity index (χ0n) is 16.6. The number of halogens is 2. The van der Waals surface area contributed by atoms with Crippen molar-refractivity contribution in [2.24, 2.45) is 4.99 Å². The Morgan fingerprint density at radius 1 is 1.30 bits per heavy atom. The molecule has 0 aliphatic carbocycles. The average Bonchev–Trinajstić information content (AvgIpc) is 2.95. The Hall–Kier alpha value is -1.66. The van der Waals surface area contributed by atoms with Gasteiger partial charge in [0, 0.05) is 22.3 Å². The maximum absolute atomic E-state index is 14.0. The van der Waals surface area contributed by atoms with Crippen LogP contribution >= 0.6 is 23.1 Å². The maximum atomic E-state index is 14.0. The Balaban J connectivity index is 2.50. The molecule has 148 valence electrons. The fraction of sp³-hybridized carbons (Fsp3) is 0.500. The lowest BCUT2D eigenvalue weighted by molar-refractivity contribution is 0.0996. The Morgan fingerprint density at radius 3 is 2.52 bits per heavy atom. The number of carbonyl (C=O) groups is 1. The first-order valence-corrected chi connectivity index (χ1v) is 9.90. The molecule has 0 atom stereocenters. The van der Waals surface area contributed by atoms with E-state index in [0.29, 0.717) is 33.8 Å². The fourth-order valence-electron chi connectivity index (χ4n) is 2.40. The van der Waals surface area contributed by atoms with E-state index in [2.05, 4.69) is 25.8 Å². The van der Waals surface area contributed by atoms with E-state index in [9.17, 15) is 9.18 Å². The van der Waals surface area contributed by atoms with Gasteiger partial charge in [-0.1, -0.05) is 11.6 Å². The summed E-state index contributed by atoms with van der Waals surface area (Å²) >= 11 is 7.41. The molecule has 1 amide bonds. The first kappa shape index (κ1) is 21.6. The van der Waals surface area contributed by atoms with Crippen LogP contribution in [-0.4, -0.2) is 22.6 Å². The average molecular weight is 413 g/mol. The Kier molecular flexibility index (Phi) is 6.53. The van der Waals surface area contributed by atoms with E-state index in [-0.39, 0.29) is 5.54 Å². The Bertz CT molecular complexity index is 889. The lowest BCUT2D eigenvalue weighted by Crippen LogP contribution is -2.18. The lowest BCUT2D eigenvalue weighted by Gasteiger charge is -2.19. The molecule has 0 fully saturated rings. The number of amides is 1. The van der Waals surface area contributed by atoms with Gasteiger partial charge in [-0.25, -0.2) is 4.39 Å². The van der Waals surface area contributed by atoms with Crippen molar-refractivity contribution in [3.8, 4) is 5.75 Å². The van der Waals surface area contributed by atoms with Crippen molar-refractivity contribution in [1.29, 1.82) is 0 Å². The molecule has 2 rings (SSSR count). The molecule has 0 aliphatic rings. The second-order valence-electron chi connectivity index (χ2n) is 8.03. The van der Waals surface area contributed by atoms with Crippen molar-refractivity contribution in [3.05, 3.63) is 45.2 Å². The highest BCUT2D eigenvalue weighted by molar-refractivity contribution is 7.04. The molecule has 27 heavy (non-hydrogen) atoms. The molecule has 0 N–H and O–H groups in total. The van der Waals surface area contributed by atoms with Crippen molar-refractivity contribution < 1.29 is 13.9 Å². The molecule has 2 aromatic rings. The number of methoxy groups -OCH3 is 1. The van der Waals surface area contributed by atoms with E-state index in [1.807, 2.05) is 10.2 Å². The van der Waals surface area contributed by atoms with E-state index >= 15 is 0 Å². The van der Waals surface area contributed by atoms with Crippen LogP contribution in [0.2, 0.25) is 5.02 Å². The highest BCUT2D eigenvalue weighted by Gasteiger charge is 2.20. The fourth-order valence-corrected chi connectivity index (χ4v) is 3.61. The van der Waals surface area contributed by atoms with Crippen molar-refractivity contribution in [3.63, 3.8) is 0 Å². The van der Waals surface area contributed by atoms with E-state index in [1.165, 1.54) is 18.6 Å². The third-order valence-corrected chi connectivity index (χ3v) is 5.59. The van der Waals surface area contributed by atoms with Gasteiger partial charge in [0.15, 0.2) is 0 Å². The topological polar surface area (TPSA) is 43.6 Å². The number of aryl methyl sites for hydroxylation is 1. The summed E-state index contributed by atoms with van der Waals surface area (Å²) in [6, 6.07) is 4.84. The minimum Gasteiger partial charge on any atom is -0.496 e. The van der Waals surface area contributed by atoms with Crippen LogP contribution in [-0.2, 0) is 12.0 Å². The van der Waals surface area contributed by atoms with Gasteiger partial charge in [-0.05, 0) is 77.2 Å². The number of ether oxygens (including phenoxy) is 1. The van der Waals surface area contributed by atoms with E-state index in [4.69, 9.17) is 16.3 Å². The summed E-state index contributed by atoms with van der Waals surface area (Å²) in [6.07, 6.45) is 2.81. The van der Waals surface area contributed by atoms with Crippen LogP contribution in [0.25, 0.3) is 0 Å². The van der Waals surface area contributed by atoms with Crippen molar-refractivity contribution in [2.75, 3.05) is 7.11 Å². The van der Waals surface area contributed by atoms with Crippen LogP contribution in [0.1, 0.15) is 57.0 Å². The van der Waals surface area contributed by atoms with E-state index in [0.717, 1.165) is 5.56 Å². The maximum Gasteiger partial charge on any atom is 0.282 e. The van der Waals surface area contributed by atoms with E-state index < -0.39 is 11.6 Å². The third kappa shape index (κ3) is 5.91. The molecule has 0 saturated heterocycles. The lowest BCUT2D eigenvalue weighted by atomic mass is 10.0. The van der Waals surface area contributed by atoms with Crippen LogP contribution in [0, 0.1) is 0 Å². The van der Waals surface area contributed by atoms with Crippen molar-refractivity contribution in [1.82, 2.24) is 3.96 Å². The van der Waals surface area contributed by atoms with Gasteiger partial charge in [0.1, 0.15) is 16.1 Å². The number of hydrogen-bond donors (Lipinski definition) is 0. The summed E-state index contributed by atoms with van der Waals surface area (Å²) < 4.78 is 21.9. The molecule has 0 unspecified atom stereocenters. The zero-order chi connectivity index (χ0) is 20.4. The molecule has 1 aromatic heterocycles. The van der Waals surface area contributed by atoms with Crippen LogP contribution in [0.3, 0.4) is 0 Å². The largest absolute Gasteiger partial charge is 0.496 e. The molecule has 1 aromatic carbocycles. The highest BCUT2D eigenvalue weighted by atomic mass is 35.5. The first-order valence-electron chi connectivity index (χ1n) is 8.74. The SMILES string of the molecule is COc1ccc(Cl)cc1C(=O)/N=c1\sn(C(C)(C)C)cc1CCC(C)(C)F. The molecular formula is C20H26ClFN2O2S. The highest BCUT2D eigenvalue weighted by Crippen LogP contribution is 2.24. The number of benzene rings is 1. The Labute approximate surface area is 168 Å². The molecule has 0 bridgehead atoms. The Morgan fingerprint density at radius 2 is 1.96 bits per heavy atom. The number of aromatic nitrogens is 1. The van der Waals surface area contributed by atoms with Gasteiger partial charge in [0.2, 0.25) is 0 Å².